The van der Waals surface area contributed by atoms with Crippen molar-refractivity contribution in [1.82, 2.24) is 16.0 Å². The summed E-state index contributed by atoms with van der Waals surface area (Å²) in [4.78, 5) is 59.5. The number of rotatable bonds is 15. The second-order valence-corrected chi connectivity index (χ2v) is 8.11. The zero-order chi connectivity index (χ0) is 24.1. The Morgan fingerprint density at radius 3 is 2.03 bits per heavy atom. The highest BCUT2D eigenvalue weighted by Crippen LogP contribution is 2.05. The van der Waals surface area contributed by atoms with Crippen molar-refractivity contribution >= 4 is 54.0 Å². The summed E-state index contributed by atoms with van der Waals surface area (Å²) in [6.45, 7) is 1.28. The van der Waals surface area contributed by atoms with E-state index in [9.17, 15) is 34.2 Å². The molecule has 0 aromatic rings. The first-order chi connectivity index (χ1) is 14.4. The van der Waals surface area contributed by atoms with Crippen LogP contribution in [0.15, 0.2) is 0 Å². The van der Waals surface area contributed by atoms with Gasteiger partial charge in [-0.05, 0) is 31.8 Å². The number of nitrogens with one attached hydrogen (secondary N) is 3. The number of carbonyl (C=O) groups excluding carboxylic acids is 4. The maximum atomic E-state index is 12.6. The van der Waals surface area contributed by atoms with Gasteiger partial charge in [-0.2, -0.15) is 24.4 Å². The standard InChI is InChI=1S/C17H31N5O7S2/c1-8(23)13(22-14(25)9(18)7-30)16(27)20-10(5-6-31-2)15(26)21-11(17(28)29)3-4-12(19)24/h8-11,13,23,30H,3-7,18H2,1-2H3,(H2,19,24)(H,20,27)(H,21,26)(H,22,25)(H,28,29). The second kappa shape index (κ2) is 14.9. The Hall–Kier alpha value is -2.03. The highest BCUT2D eigenvalue weighted by Gasteiger charge is 2.32. The number of aliphatic carboxylic acids is 1. The third kappa shape index (κ3) is 11.2. The Labute approximate surface area is 190 Å². The number of amides is 4. The van der Waals surface area contributed by atoms with Gasteiger partial charge in [-0.1, -0.05) is 0 Å². The molecule has 0 aliphatic carbocycles. The molecule has 0 fully saturated rings. The molecular formula is C17H31N5O7S2. The van der Waals surface area contributed by atoms with E-state index in [-0.39, 0.29) is 25.0 Å². The molecule has 0 saturated heterocycles. The van der Waals surface area contributed by atoms with E-state index in [1.165, 1.54) is 18.7 Å². The molecule has 9 N–H and O–H groups in total. The van der Waals surface area contributed by atoms with E-state index in [1.54, 1.807) is 6.26 Å². The molecule has 5 atom stereocenters. The Morgan fingerprint density at radius 1 is 1.00 bits per heavy atom. The van der Waals surface area contributed by atoms with Crippen LogP contribution in [0.5, 0.6) is 0 Å². The molecular weight excluding hydrogens is 450 g/mol. The summed E-state index contributed by atoms with van der Waals surface area (Å²) in [5.74, 6) is -3.96. The highest BCUT2D eigenvalue weighted by atomic mass is 32.2. The molecule has 5 unspecified atom stereocenters. The van der Waals surface area contributed by atoms with E-state index in [1.807, 2.05) is 0 Å². The predicted octanol–water partition coefficient (Wildman–Crippen LogP) is -2.82. The number of thiol groups is 1. The quantitative estimate of drug-likeness (QED) is 0.113. The highest BCUT2D eigenvalue weighted by molar-refractivity contribution is 7.98. The first kappa shape index (κ1) is 29.0. The van der Waals surface area contributed by atoms with E-state index >= 15 is 0 Å². The van der Waals surface area contributed by atoms with Crippen LogP contribution in [0.2, 0.25) is 0 Å². The molecule has 0 bridgehead atoms. The number of hydrogen-bond donors (Lipinski definition) is 8. The lowest BCUT2D eigenvalue weighted by Gasteiger charge is -2.26. The fourth-order valence-electron chi connectivity index (χ4n) is 2.33. The molecule has 0 aliphatic heterocycles. The Kier molecular flexibility index (Phi) is 13.9. The van der Waals surface area contributed by atoms with Gasteiger partial charge in [-0.15, -0.1) is 0 Å². The molecule has 178 valence electrons. The number of carboxylic acids is 1. The molecule has 0 heterocycles. The van der Waals surface area contributed by atoms with Crippen molar-refractivity contribution in [3.8, 4) is 0 Å². The van der Waals surface area contributed by atoms with Crippen LogP contribution >= 0.6 is 24.4 Å². The van der Waals surface area contributed by atoms with E-state index in [4.69, 9.17) is 11.5 Å². The van der Waals surface area contributed by atoms with E-state index in [0.717, 1.165) is 0 Å². The minimum Gasteiger partial charge on any atom is -0.480 e. The van der Waals surface area contributed by atoms with Gasteiger partial charge in [-0.3, -0.25) is 19.2 Å². The first-order valence-electron chi connectivity index (χ1n) is 9.40. The Morgan fingerprint density at radius 2 is 1.58 bits per heavy atom. The van der Waals surface area contributed by atoms with Crippen molar-refractivity contribution in [3.63, 3.8) is 0 Å². The molecule has 0 radical (unpaired) electrons. The van der Waals surface area contributed by atoms with Crippen molar-refractivity contribution in [2.75, 3.05) is 17.8 Å². The number of carbonyl (C=O) groups is 5. The van der Waals surface area contributed by atoms with Crippen LogP contribution in [0.4, 0.5) is 0 Å². The fraction of sp³-hybridized carbons (Fsp3) is 0.706. The Balaban J connectivity index is 5.35. The lowest BCUT2D eigenvalue weighted by molar-refractivity contribution is -0.142. The average molecular weight is 482 g/mol. The van der Waals surface area contributed by atoms with E-state index in [2.05, 4.69) is 28.6 Å². The summed E-state index contributed by atoms with van der Waals surface area (Å²) in [6, 6.07) is -4.93. The molecule has 0 rings (SSSR count). The molecule has 31 heavy (non-hydrogen) atoms. The maximum absolute atomic E-state index is 12.6. The van der Waals surface area contributed by atoms with Crippen molar-refractivity contribution in [2.24, 2.45) is 11.5 Å². The van der Waals surface area contributed by atoms with Crippen LogP contribution in [0.25, 0.3) is 0 Å². The van der Waals surface area contributed by atoms with E-state index < -0.39 is 59.9 Å². The fourth-order valence-corrected chi connectivity index (χ4v) is 2.97. The van der Waals surface area contributed by atoms with Crippen LogP contribution < -0.4 is 27.4 Å². The van der Waals surface area contributed by atoms with Crippen LogP contribution in [0.1, 0.15) is 26.2 Å². The number of carboxylic acid groups (broad SMARTS) is 1. The van der Waals surface area contributed by atoms with Crippen molar-refractivity contribution in [2.45, 2.75) is 56.5 Å². The van der Waals surface area contributed by atoms with Gasteiger partial charge in [0.1, 0.15) is 18.1 Å². The summed E-state index contributed by atoms with van der Waals surface area (Å²) < 4.78 is 0. The minimum absolute atomic E-state index is 0.0145. The summed E-state index contributed by atoms with van der Waals surface area (Å²) in [5.41, 5.74) is 10.6. The number of thioether (sulfide) groups is 1. The second-order valence-electron chi connectivity index (χ2n) is 6.76. The molecule has 0 saturated carbocycles. The maximum Gasteiger partial charge on any atom is 0.326 e. The van der Waals surface area contributed by atoms with Crippen molar-refractivity contribution in [1.29, 1.82) is 0 Å². The van der Waals surface area contributed by atoms with Crippen LogP contribution in [-0.4, -0.2) is 87.8 Å². The largest absolute Gasteiger partial charge is 0.480 e. The third-order valence-electron chi connectivity index (χ3n) is 4.13. The zero-order valence-electron chi connectivity index (χ0n) is 17.4. The molecule has 4 amide bonds. The Bertz CT molecular complexity index is 650. The zero-order valence-corrected chi connectivity index (χ0v) is 19.1. The van der Waals surface area contributed by atoms with Gasteiger partial charge in [0.05, 0.1) is 12.1 Å². The minimum atomic E-state index is -1.40. The van der Waals surface area contributed by atoms with Gasteiger partial charge in [0.15, 0.2) is 0 Å². The molecule has 14 heteroatoms. The number of nitrogens with two attached hydrogens (primary N) is 2. The lowest BCUT2D eigenvalue weighted by atomic mass is 10.1. The van der Waals surface area contributed by atoms with Gasteiger partial charge >= 0.3 is 5.97 Å². The molecule has 0 aromatic heterocycles. The average Bonchev–Trinajstić information content (AvgIpc) is 2.70. The molecule has 0 aliphatic rings. The SMILES string of the molecule is CSCCC(NC(=O)C(NC(=O)C(N)CS)C(C)O)C(=O)NC(CCC(N)=O)C(=O)O. The smallest absolute Gasteiger partial charge is 0.326 e. The van der Waals surface area contributed by atoms with Crippen molar-refractivity contribution < 1.29 is 34.2 Å². The summed E-state index contributed by atoms with van der Waals surface area (Å²) in [5, 5.41) is 26.1. The number of aliphatic hydroxyl groups excluding tert-OH is 1. The van der Waals surface area contributed by atoms with Gasteiger partial charge < -0.3 is 37.6 Å². The molecule has 0 aromatic carbocycles. The predicted molar refractivity (Wildman–Crippen MR) is 118 cm³/mol. The van der Waals surface area contributed by atoms with Gasteiger partial charge in [0, 0.05) is 12.2 Å². The number of hydrogen-bond acceptors (Lipinski definition) is 9. The van der Waals surface area contributed by atoms with E-state index in [0.29, 0.717) is 5.75 Å². The topological polar surface area (TPSA) is 214 Å². The van der Waals surface area contributed by atoms with Crippen molar-refractivity contribution in [3.05, 3.63) is 0 Å². The number of primary amides is 1. The molecule has 12 nitrogen and oxygen atoms in total. The first-order valence-corrected chi connectivity index (χ1v) is 11.4. The van der Waals surface area contributed by atoms with Crippen LogP contribution in [0.3, 0.4) is 0 Å². The molecule has 0 spiro atoms. The van der Waals surface area contributed by atoms with Gasteiger partial charge in [-0.25, -0.2) is 4.79 Å². The van der Waals surface area contributed by atoms with Crippen LogP contribution in [-0.2, 0) is 24.0 Å². The van der Waals surface area contributed by atoms with Gasteiger partial charge in [0.2, 0.25) is 23.6 Å². The summed E-state index contributed by atoms with van der Waals surface area (Å²) in [7, 11) is 0. The summed E-state index contributed by atoms with van der Waals surface area (Å²) in [6.07, 6.45) is 0.162. The van der Waals surface area contributed by atoms with Gasteiger partial charge in [0.25, 0.3) is 0 Å². The summed E-state index contributed by atoms with van der Waals surface area (Å²) >= 11 is 5.29. The monoisotopic (exact) mass is 481 g/mol. The normalized spacial score (nSPS) is 15.6. The number of aliphatic hydroxyl groups is 1. The van der Waals surface area contributed by atoms with Crippen LogP contribution in [0, 0.1) is 0 Å². The lowest BCUT2D eigenvalue weighted by Crippen LogP contribution is -2.60. The third-order valence-corrected chi connectivity index (χ3v) is 5.17.